The maximum atomic E-state index is 12.9. The number of halogens is 1. The molecular formula is C14H17FN4O. The van der Waals surface area contributed by atoms with Crippen molar-refractivity contribution in [2.24, 2.45) is 5.92 Å². The summed E-state index contributed by atoms with van der Waals surface area (Å²) in [6.45, 7) is 6.11. The summed E-state index contributed by atoms with van der Waals surface area (Å²) in [7, 11) is 0. The third-order valence-electron chi connectivity index (χ3n) is 4.10. The van der Waals surface area contributed by atoms with E-state index in [-0.39, 0.29) is 11.2 Å². The monoisotopic (exact) mass is 276 g/mol. The van der Waals surface area contributed by atoms with Gasteiger partial charge in [0.15, 0.2) is 0 Å². The lowest BCUT2D eigenvalue weighted by molar-refractivity contribution is 0.234. The van der Waals surface area contributed by atoms with Gasteiger partial charge in [-0.3, -0.25) is 0 Å². The van der Waals surface area contributed by atoms with Gasteiger partial charge in [-0.15, -0.1) is 0 Å². The van der Waals surface area contributed by atoms with Gasteiger partial charge in [-0.2, -0.15) is 4.98 Å². The minimum absolute atomic E-state index is 0.120. The van der Waals surface area contributed by atoms with E-state index in [0.29, 0.717) is 23.3 Å². The Morgan fingerprint density at radius 3 is 2.85 bits per heavy atom. The lowest BCUT2D eigenvalue weighted by Gasteiger charge is -2.27. The highest BCUT2D eigenvalue weighted by atomic mass is 19.1. The highest BCUT2D eigenvalue weighted by Crippen LogP contribution is 2.37. The molecule has 1 atom stereocenters. The molecule has 2 aromatic rings. The van der Waals surface area contributed by atoms with E-state index >= 15 is 0 Å². The fraction of sp³-hybridized carbons (Fsp3) is 0.500. The van der Waals surface area contributed by atoms with Gasteiger partial charge in [0.1, 0.15) is 11.5 Å². The smallest absolute Gasteiger partial charge is 0.234 e. The summed E-state index contributed by atoms with van der Waals surface area (Å²) < 4.78 is 18.3. The van der Waals surface area contributed by atoms with Crippen LogP contribution in [0, 0.1) is 11.7 Å². The van der Waals surface area contributed by atoms with Gasteiger partial charge in [0.2, 0.25) is 11.7 Å². The van der Waals surface area contributed by atoms with Crippen LogP contribution in [0.2, 0.25) is 0 Å². The first-order chi connectivity index (χ1) is 9.62. The molecule has 0 aromatic carbocycles. The first-order valence-corrected chi connectivity index (χ1v) is 6.79. The number of aromatic nitrogens is 3. The van der Waals surface area contributed by atoms with Gasteiger partial charge in [0, 0.05) is 6.54 Å². The molecule has 0 saturated carbocycles. The first-order valence-electron chi connectivity index (χ1n) is 6.79. The molecule has 1 fully saturated rings. The number of pyridine rings is 1. The standard InChI is InChI=1S/C14H17FN4O/c1-9(2)14(5-6-16-8-14)13-18-12(19-20-13)11-4-3-10(15)7-17-11/h3-4,7,9,16H,5-6,8H2,1-2H3. The molecule has 3 rings (SSSR count). The number of rotatable bonds is 3. The third kappa shape index (κ3) is 2.10. The highest BCUT2D eigenvalue weighted by molar-refractivity contribution is 5.47. The van der Waals surface area contributed by atoms with Crippen LogP contribution in [0.1, 0.15) is 26.2 Å². The fourth-order valence-corrected chi connectivity index (χ4v) is 2.67. The van der Waals surface area contributed by atoms with Crippen molar-refractivity contribution in [3.63, 3.8) is 0 Å². The van der Waals surface area contributed by atoms with Crippen molar-refractivity contribution in [2.45, 2.75) is 25.7 Å². The largest absolute Gasteiger partial charge is 0.338 e. The summed E-state index contributed by atoms with van der Waals surface area (Å²) in [5.41, 5.74) is 0.400. The average Bonchev–Trinajstić information content (AvgIpc) is 3.09. The van der Waals surface area contributed by atoms with Crippen molar-refractivity contribution in [1.29, 1.82) is 0 Å². The molecule has 20 heavy (non-hydrogen) atoms. The summed E-state index contributed by atoms with van der Waals surface area (Å²) in [6.07, 6.45) is 2.13. The Balaban J connectivity index is 1.95. The Morgan fingerprint density at radius 1 is 1.40 bits per heavy atom. The van der Waals surface area contributed by atoms with E-state index in [1.165, 1.54) is 6.07 Å². The van der Waals surface area contributed by atoms with Gasteiger partial charge >= 0.3 is 0 Å². The third-order valence-corrected chi connectivity index (χ3v) is 4.10. The van der Waals surface area contributed by atoms with Gasteiger partial charge in [-0.25, -0.2) is 9.37 Å². The van der Waals surface area contributed by atoms with Gasteiger partial charge < -0.3 is 9.84 Å². The summed E-state index contributed by atoms with van der Waals surface area (Å²) in [6, 6.07) is 2.90. The summed E-state index contributed by atoms with van der Waals surface area (Å²) in [5.74, 6) is 1.06. The zero-order valence-corrected chi connectivity index (χ0v) is 11.6. The molecule has 0 spiro atoms. The van der Waals surface area contributed by atoms with Crippen LogP contribution in [0.25, 0.3) is 11.5 Å². The molecule has 2 aromatic heterocycles. The summed E-state index contributed by atoms with van der Waals surface area (Å²) in [5, 5.41) is 7.35. The molecule has 6 heteroatoms. The van der Waals surface area contributed by atoms with Crippen LogP contribution < -0.4 is 5.32 Å². The minimum Gasteiger partial charge on any atom is -0.338 e. The molecule has 0 aliphatic carbocycles. The van der Waals surface area contributed by atoms with Gasteiger partial charge in [-0.05, 0) is 31.0 Å². The van der Waals surface area contributed by atoms with Crippen LogP contribution in [-0.4, -0.2) is 28.2 Å². The fourth-order valence-electron chi connectivity index (χ4n) is 2.67. The lowest BCUT2D eigenvalue weighted by Crippen LogP contribution is -2.35. The zero-order valence-electron chi connectivity index (χ0n) is 11.6. The van der Waals surface area contributed by atoms with Crippen molar-refractivity contribution in [1.82, 2.24) is 20.4 Å². The van der Waals surface area contributed by atoms with E-state index in [9.17, 15) is 4.39 Å². The molecule has 1 saturated heterocycles. The Morgan fingerprint density at radius 2 is 2.25 bits per heavy atom. The van der Waals surface area contributed by atoms with Gasteiger partial charge in [0.25, 0.3) is 0 Å². The molecule has 1 unspecified atom stereocenters. The van der Waals surface area contributed by atoms with Crippen molar-refractivity contribution in [3.05, 3.63) is 30.0 Å². The molecule has 0 radical (unpaired) electrons. The summed E-state index contributed by atoms with van der Waals surface area (Å²) in [4.78, 5) is 8.46. The average molecular weight is 276 g/mol. The van der Waals surface area contributed by atoms with E-state index in [4.69, 9.17) is 4.52 Å². The number of nitrogens with one attached hydrogen (secondary N) is 1. The molecule has 1 N–H and O–H groups in total. The molecule has 106 valence electrons. The van der Waals surface area contributed by atoms with Crippen molar-refractivity contribution < 1.29 is 8.91 Å². The molecule has 5 nitrogen and oxygen atoms in total. The first kappa shape index (κ1) is 13.2. The van der Waals surface area contributed by atoms with E-state index in [2.05, 4.69) is 34.3 Å². The topological polar surface area (TPSA) is 63.8 Å². The molecule has 0 bridgehead atoms. The molecular weight excluding hydrogens is 259 g/mol. The predicted octanol–water partition coefficient (Wildman–Crippen LogP) is 2.16. The normalized spacial score (nSPS) is 22.6. The molecule has 1 aliphatic rings. The predicted molar refractivity (Wildman–Crippen MR) is 71.5 cm³/mol. The second-order valence-corrected chi connectivity index (χ2v) is 5.52. The molecule has 0 amide bonds. The molecule has 1 aliphatic heterocycles. The SMILES string of the molecule is CC(C)C1(c2nc(-c3ccc(F)cn3)no2)CCNC1. The minimum atomic E-state index is -0.379. The quantitative estimate of drug-likeness (QED) is 0.930. The van der Waals surface area contributed by atoms with Crippen molar-refractivity contribution >= 4 is 0 Å². The van der Waals surface area contributed by atoms with Gasteiger partial charge in [-0.1, -0.05) is 19.0 Å². The zero-order chi connectivity index (χ0) is 14.2. The Kier molecular flexibility index (Phi) is 3.25. The van der Waals surface area contributed by atoms with E-state index in [1.54, 1.807) is 6.07 Å². The number of hydrogen-bond donors (Lipinski definition) is 1. The second kappa shape index (κ2) is 4.94. The Labute approximate surface area is 116 Å². The second-order valence-electron chi connectivity index (χ2n) is 5.52. The number of hydrogen-bond acceptors (Lipinski definition) is 5. The van der Waals surface area contributed by atoms with E-state index in [1.807, 2.05) is 0 Å². The van der Waals surface area contributed by atoms with E-state index in [0.717, 1.165) is 25.7 Å². The molecule has 3 heterocycles. The van der Waals surface area contributed by atoms with E-state index < -0.39 is 0 Å². The Hall–Kier alpha value is -1.82. The van der Waals surface area contributed by atoms with Gasteiger partial charge in [0.05, 0.1) is 11.6 Å². The maximum absolute atomic E-state index is 12.9. The van der Waals surface area contributed by atoms with Crippen LogP contribution in [-0.2, 0) is 5.41 Å². The van der Waals surface area contributed by atoms with Crippen molar-refractivity contribution in [2.75, 3.05) is 13.1 Å². The van der Waals surface area contributed by atoms with Crippen LogP contribution in [0.3, 0.4) is 0 Å². The lowest BCUT2D eigenvalue weighted by atomic mass is 9.76. The highest BCUT2D eigenvalue weighted by Gasteiger charge is 2.43. The summed E-state index contributed by atoms with van der Waals surface area (Å²) >= 11 is 0. The van der Waals surface area contributed by atoms with Crippen LogP contribution in [0.4, 0.5) is 4.39 Å². The number of nitrogens with zero attached hydrogens (tertiary/aromatic N) is 3. The van der Waals surface area contributed by atoms with Crippen LogP contribution in [0.5, 0.6) is 0 Å². The maximum Gasteiger partial charge on any atom is 0.234 e. The van der Waals surface area contributed by atoms with Crippen LogP contribution >= 0.6 is 0 Å². The Bertz CT molecular complexity index is 587. The van der Waals surface area contributed by atoms with Crippen molar-refractivity contribution in [3.8, 4) is 11.5 Å². The van der Waals surface area contributed by atoms with Crippen LogP contribution in [0.15, 0.2) is 22.9 Å².